The van der Waals surface area contributed by atoms with E-state index in [1.807, 2.05) is 0 Å². The predicted molar refractivity (Wildman–Crippen MR) is 96.7 cm³/mol. The van der Waals surface area contributed by atoms with Gasteiger partial charge in [0.05, 0.1) is 45.3 Å². The first-order chi connectivity index (χ1) is 12.8. The molecule has 2 unspecified atom stereocenters. The molecule has 1 spiro atoms. The van der Waals surface area contributed by atoms with Gasteiger partial charge in [-0.25, -0.2) is 17.9 Å². The molecule has 156 valence electrons. The number of carbonyl (C=O) groups is 1. The molecule has 2 aliphatic heterocycles. The number of piperidine rings is 1. The molecule has 1 saturated carbocycles. The van der Waals surface area contributed by atoms with Gasteiger partial charge in [-0.15, -0.1) is 0 Å². The van der Waals surface area contributed by atoms with Crippen LogP contribution in [0.4, 0.5) is 4.79 Å². The van der Waals surface area contributed by atoms with Crippen molar-refractivity contribution in [2.75, 3.05) is 39.7 Å². The van der Waals surface area contributed by atoms with Crippen molar-refractivity contribution >= 4 is 16.1 Å². The molecule has 3 aliphatic rings. The smallest absolute Gasteiger partial charge is 0.409 e. The van der Waals surface area contributed by atoms with Gasteiger partial charge in [-0.05, 0) is 25.7 Å². The Bertz CT molecular complexity index is 611. The first-order valence-electron chi connectivity index (χ1n) is 9.53. The van der Waals surface area contributed by atoms with Gasteiger partial charge >= 0.3 is 6.09 Å². The molecular formula is C17H30N2O7S. The van der Waals surface area contributed by atoms with Gasteiger partial charge in [-0.1, -0.05) is 0 Å². The maximum absolute atomic E-state index is 12.1. The Morgan fingerprint density at radius 2 is 1.89 bits per heavy atom. The first kappa shape index (κ1) is 20.8. The van der Waals surface area contributed by atoms with Crippen LogP contribution in [-0.2, 0) is 29.0 Å². The summed E-state index contributed by atoms with van der Waals surface area (Å²) in [7, 11) is -2.06. The van der Waals surface area contributed by atoms with Gasteiger partial charge in [0, 0.05) is 25.4 Å². The van der Waals surface area contributed by atoms with E-state index >= 15 is 0 Å². The SMILES string of the molecule is COC(=O)N1CCCC(NS(C)(=O)=O)C1COC1CCC2(CC1)OCCO2. The number of carbonyl (C=O) groups excluding carboxylic acids is 1. The van der Waals surface area contributed by atoms with Gasteiger partial charge < -0.3 is 23.8 Å². The number of rotatable bonds is 5. The zero-order valence-corrected chi connectivity index (χ0v) is 16.8. The topological polar surface area (TPSA) is 103 Å². The van der Waals surface area contributed by atoms with Crippen molar-refractivity contribution < 1.29 is 32.2 Å². The average molecular weight is 407 g/mol. The molecule has 1 amide bonds. The van der Waals surface area contributed by atoms with Crippen LogP contribution < -0.4 is 4.72 Å². The molecule has 9 nitrogen and oxygen atoms in total. The predicted octanol–water partition coefficient (Wildman–Crippen LogP) is 0.837. The van der Waals surface area contributed by atoms with Crippen LogP contribution in [0.25, 0.3) is 0 Å². The maximum atomic E-state index is 12.1. The lowest BCUT2D eigenvalue weighted by atomic mass is 9.91. The molecule has 0 radical (unpaired) electrons. The van der Waals surface area contributed by atoms with Crippen molar-refractivity contribution in [1.29, 1.82) is 0 Å². The number of nitrogens with zero attached hydrogens (tertiary/aromatic N) is 1. The van der Waals surface area contributed by atoms with E-state index < -0.39 is 27.9 Å². The van der Waals surface area contributed by atoms with E-state index in [1.54, 1.807) is 4.90 Å². The molecular weight excluding hydrogens is 376 g/mol. The molecule has 2 heterocycles. The number of hydrogen-bond donors (Lipinski definition) is 1. The highest BCUT2D eigenvalue weighted by atomic mass is 32.2. The summed E-state index contributed by atoms with van der Waals surface area (Å²) in [5.41, 5.74) is 0. The van der Waals surface area contributed by atoms with Crippen LogP contribution in [0, 0.1) is 0 Å². The molecule has 3 rings (SSSR count). The maximum Gasteiger partial charge on any atom is 0.409 e. The lowest BCUT2D eigenvalue weighted by Crippen LogP contribution is -2.59. The molecule has 27 heavy (non-hydrogen) atoms. The molecule has 10 heteroatoms. The number of likely N-dealkylation sites (tertiary alicyclic amines) is 1. The molecule has 3 fully saturated rings. The Kier molecular flexibility index (Phi) is 6.62. The van der Waals surface area contributed by atoms with Crippen LogP contribution in [0.15, 0.2) is 0 Å². The number of hydrogen-bond acceptors (Lipinski definition) is 7. The first-order valence-corrected chi connectivity index (χ1v) is 11.4. The van der Waals surface area contributed by atoms with Crippen molar-refractivity contribution in [3.63, 3.8) is 0 Å². The fraction of sp³-hybridized carbons (Fsp3) is 0.941. The van der Waals surface area contributed by atoms with Gasteiger partial charge in [0.25, 0.3) is 0 Å². The Hall–Kier alpha value is -0.940. The molecule has 2 saturated heterocycles. The third-order valence-electron chi connectivity index (χ3n) is 5.56. The second-order valence-electron chi connectivity index (χ2n) is 7.51. The summed E-state index contributed by atoms with van der Waals surface area (Å²) in [4.78, 5) is 13.7. The van der Waals surface area contributed by atoms with Crippen LogP contribution in [0.1, 0.15) is 38.5 Å². The Morgan fingerprint density at radius 3 is 2.48 bits per heavy atom. The van der Waals surface area contributed by atoms with Gasteiger partial charge in [0.2, 0.25) is 10.0 Å². The standard InChI is InChI=1S/C17H30N2O7S/c1-23-16(20)19-9-3-4-14(18-27(2,21)22)15(19)12-24-13-5-7-17(8-6-13)25-10-11-26-17/h13-15,18H,3-12H2,1-2H3. The summed E-state index contributed by atoms with van der Waals surface area (Å²) in [6.45, 7) is 2.07. The summed E-state index contributed by atoms with van der Waals surface area (Å²) >= 11 is 0. The second-order valence-corrected chi connectivity index (χ2v) is 9.29. The van der Waals surface area contributed by atoms with Crippen molar-refractivity contribution in [1.82, 2.24) is 9.62 Å². The van der Waals surface area contributed by atoms with E-state index in [9.17, 15) is 13.2 Å². The lowest BCUT2D eigenvalue weighted by Gasteiger charge is -2.41. The van der Waals surface area contributed by atoms with Crippen molar-refractivity contribution in [2.45, 2.75) is 62.5 Å². The quantitative estimate of drug-likeness (QED) is 0.721. The van der Waals surface area contributed by atoms with E-state index in [0.717, 1.165) is 31.9 Å². The number of ether oxygens (including phenoxy) is 4. The average Bonchev–Trinajstić information content (AvgIpc) is 3.08. The van der Waals surface area contributed by atoms with Crippen molar-refractivity contribution in [2.24, 2.45) is 0 Å². The number of sulfonamides is 1. The molecule has 0 aromatic heterocycles. The monoisotopic (exact) mass is 406 g/mol. The Balaban J connectivity index is 1.60. The Morgan fingerprint density at radius 1 is 1.22 bits per heavy atom. The van der Waals surface area contributed by atoms with Gasteiger partial charge in [-0.2, -0.15) is 0 Å². The molecule has 0 bridgehead atoms. The third-order valence-corrected chi connectivity index (χ3v) is 6.30. The van der Waals surface area contributed by atoms with Gasteiger partial charge in [0.1, 0.15) is 0 Å². The Labute approximate surface area is 160 Å². The number of amides is 1. The minimum atomic E-state index is -3.39. The highest BCUT2D eigenvalue weighted by Gasteiger charge is 2.42. The van der Waals surface area contributed by atoms with Crippen LogP contribution in [0.5, 0.6) is 0 Å². The summed E-state index contributed by atoms with van der Waals surface area (Å²) in [6, 6.07) is -0.778. The van der Waals surface area contributed by atoms with E-state index in [4.69, 9.17) is 18.9 Å². The summed E-state index contributed by atoms with van der Waals surface area (Å²) < 4.78 is 48.5. The second kappa shape index (κ2) is 8.60. The minimum absolute atomic E-state index is 0.0451. The van der Waals surface area contributed by atoms with E-state index in [-0.39, 0.29) is 18.8 Å². The molecule has 2 atom stereocenters. The minimum Gasteiger partial charge on any atom is -0.453 e. The summed E-state index contributed by atoms with van der Waals surface area (Å²) in [5, 5.41) is 0. The summed E-state index contributed by atoms with van der Waals surface area (Å²) in [5.74, 6) is -0.441. The van der Waals surface area contributed by atoms with Crippen LogP contribution in [0.2, 0.25) is 0 Å². The van der Waals surface area contributed by atoms with Crippen molar-refractivity contribution in [3.8, 4) is 0 Å². The van der Waals surface area contributed by atoms with Gasteiger partial charge in [0.15, 0.2) is 5.79 Å². The fourth-order valence-electron chi connectivity index (χ4n) is 4.24. The molecule has 1 N–H and O–H groups in total. The third kappa shape index (κ3) is 5.32. The zero-order chi connectivity index (χ0) is 19.5. The largest absolute Gasteiger partial charge is 0.453 e. The molecule has 1 aliphatic carbocycles. The molecule has 0 aromatic carbocycles. The van der Waals surface area contributed by atoms with E-state index in [1.165, 1.54) is 7.11 Å². The van der Waals surface area contributed by atoms with Gasteiger partial charge in [-0.3, -0.25) is 0 Å². The highest BCUT2D eigenvalue weighted by molar-refractivity contribution is 7.88. The van der Waals surface area contributed by atoms with Crippen molar-refractivity contribution in [3.05, 3.63) is 0 Å². The zero-order valence-electron chi connectivity index (χ0n) is 16.0. The summed E-state index contributed by atoms with van der Waals surface area (Å²) in [6.07, 6.45) is 5.28. The van der Waals surface area contributed by atoms with Crippen LogP contribution in [0.3, 0.4) is 0 Å². The van der Waals surface area contributed by atoms with Crippen LogP contribution in [-0.4, -0.2) is 83.1 Å². The normalized spacial score (nSPS) is 29.2. The van der Waals surface area contributed by atoms with Crippen LogP contribution >= 0.6 is 0 Å². The van der Waals surface area contributed by atoms with E-state index in [0.29, 0.717) is 32.6 Å². The number of nitrogens with one attached hydrogen (secondary N) is 1. The lowest BCUT2D eigenvalue weighted by molar-refractivity contribution is -0.193. The van der Waals surface area contributed by atoms with E-state index in [2.05, 4.69) is 4.72 Å². The fourth-order valence-corrected chi connectivity index (χ4v) is 5.06. The molecule has 0 aromatic rings. The number of methoxy groups -OCH3 is 1. The highest BCUT2D eigenvalue weighted by Crippen LogP contribution is 2.37.